The first-order valence-corrected chi connectivity index (χ1v) is 8.43. The van der Waals surface area contributed by atoms with Crippen molar-refractivity contribution in [3.8, 4) is 0 Å². The van der Waals surface area contributed by atoms with E-state index in [-0.39, 0.29) is 12.2 Å². The summed E-state index contributed by atoms with van der Waals surface area (Å²) in [6, 6.07) is 6.12. The van der Waals surface area contributed by atoms with Crippen LogP contribution in [0.5, 0.6) is 0 Å². The van der Waals surface area contributed by atoms with E-state index in [9.17, 15) is 0 Å². The van der Waals surface area contributed by atoms with E-state index in [1.54, 1.807) is 18.1 Å². The summed E-state index contributed by atoms with van der Waals surface area (Å²) >= 11 is 1.72. The van der Waals surface area contributed by atoms with Gasteiger partial charge in [0.2, 0.25) is 0 Å². The van der Waals surface area contributed by atoms with E-state index < -0.39 is 0 Å². The van der Waals surface area contributed by atoms with Crippen LogP contribution in [0.25, 0.3) is 0 Å². The van der Waals surface area contributed by atoms with Crippen LogP contribution in [0.3, 0.4) is 0 Å². The van der Waals surface area contributed by atoms with Crippen LogP contribution in [-0.2, 0) is 10.5 Å². The Labute approximate surface area is 135 Å². The molecule has 3 heterocycles. The largest absolute Gasteiger partial charge is 0.372 e. The summed E-state index contributed by atoms with van der Waals surface area (Å²) < 4.78 is 5.78. The Morgan fingerprint density at radius 3 is 2.64 bits per heavy atom. The number of morpholine rings is 1. The Balaban J connectivity index is 1.67. The van der Waals surface area contributed by atoms with Gasteiger partial charge in [0.15, 0.2) is 0 Å². The summed E-state index contributed by atoms with van der Waals surface area (Å²) in [5.74, 6) is 1.86. The summed E-state index contributed by atoms with van der Waals surface area (Å²) in [6.45, 7) is 5.94. The lowest BCUT2D eigenvalue weighted by Gasteiger charge is -2.36. The van der Waals surface area contributed by atoms with Crippen molar-refractivity contribution in [1.29, 1.82) is 0 Å². The lowest BCUT2D eigenvalue weighted by molar-refractivity contribution is -0.00548. The van der Waals surface area contributed by atoms with Crippen molar-refractivity contribution in [1.82, 2.24) is 15.0 Å². The van der Waals surface area contributed by atoms with Gasteiger partial charge in [0.05, 0.1) is 12.2 Å². The Bertz CT molecular complexity index is 600. The van der Waals surface area contributed by atoms with Gasteiger partial charge in [0.25, 0.3) is 0 Å². The van der Waals surface area contributed by atoms with E-state index in [1.165, 1.54) is 5.56 Å². The van der Waals surface area contributed by atoms with E-state index in [4.69, 9.17) is 4.74 Å². The highest BCUT2D eigenvalue weighted by molar-refractivity contribution is 7.98. The minimum atomic E-state index is 0.228. The molecular formula is C16H20N4OS. The number of anilines is 1. The minimum absolute atomic E-state index is 0.228. The fourth-order valence-electron chi connectivity index (χ4n) is 2.58. The normalized spacial score (nSPS) is 21.8. The van der Waals surface area contributed by atoms with Gasteiger partial charge in [-0.15, -0.1) is 11.8 Å². The zero-order valence-corrected chi connectivity index (χ0v) is 13.7. The van der Waals surface area contributed by atoms with E-state index in [0.717, 1.165) is 29.7 Å². The van der Waals surface area contributed by atoms with E-state index in [2.05, 4.69) is 39.8 Å². The molecule has 2 aromatic rings. The standard InChI is InChI=1S/C16H20N4OS/c1-12-8-20(9-13(2)21-12)15-7-16(19-11-18-15)22-10-14-3-5-17-6-4-14/h3-7,11-13H,8-10H2,1-2H3. The number of nitrogens with zero attached hydrogens (tertiary/aromatic N) is 4. The monoisotopic (exact) mass is 316 g/mol. The molecule has 0 N–H and O–H groups in total. The number of ether oxygens (including phenoxy) is 1. The SMILES string of the molecule is CC1CN(c2cc(SCc3ccncc3)ncn2)CC(C)O1. The van der Waals surface area contributed by atoms with Gasteiger partial charge in [-0.3, -0.25) is 4.98 Å². The fraction of sp³-hybridized carbons (Fsp3) is 0.438. The second-order valence-electron chi connectivity index (χ2n) is 5.52. The number of thioether (sulfide) groups is 1. The predicted molar refractivity (Wildman–Crippen MR) is 88.1 cm³/mol. The van der Waals surface area contributed by atoms with Crippen molar-refractivity contribution < 1.29 is 4.74 Å². The number of aromatic nitrogens is 3. The molecular weight excluding hydrogens is 296 g/mol. The molecule has 22 heavy (non-hydrogen) atoms. The molecule has 0 aliphatic carbocycles. The van der Waals surface area contributed by atoms with Crippen LogP contribution in [0, 0.1) is 0 Å². The highest BCUT2D eigenvalue weighted by atomic mass is 32.2. The average molecular weight is 316 g/mol. The second kappa shape index (κ2) is 7.07. The second-order valence-corrected chi connectivity index (χ2v) is 6.52. The minimum Gasteiger partial charge on any atom is -0.372 e. The molecule has 1 aliphatic heterocycles. The smallest absolute Gasteiger partial charge is 0.133 e. The Morgan fingerprint density at radius 2 is 1.91 bits per heavy atom. The molecule has 1 aliphatic rings. The molecule has 6 heteroatoms. The molecule has 0 saturated carbocycles. The molecule has 116 valence electrons. The summed E-state index contributed by atoms with van der Waals surface area (Å²) in [5.41, 5.74) is 1.24. The highest BCUT2D eigenvalue weighted by Crippen LogP contribution is 2.24. The van der Waals surface area contributed by atoms with Gasteiger partial charge in [-0.05, 0) is 31.5 Å². The molecule has 2 aromatic heterocycles. The lowest BCUT2D eigenvalue weighted by atomic mass is 10.2. The van der Waals surface area contributed by atoms with Crippen LogP contribution >= 0.6 is 11.8 Å². The number of rotatable bonds is 4. The number of hydrogen-bond donors (Lipinski definition) is 0. The van der Waals surface area contributed by atoms with Gasteiger partial charge >= 0.3 is 0 Å². The van der Waals surface area contributed by atoms with Crippen LogP contribution in [0.15, 0.2) is 41.9 Å². The predicted octanol–water partition coefficient (Wildman–Crippen LogP) is 2.78. The van der Waals surface area contributed by atoms with Gasteiger partial charge in [0.1, 0.15) is 17.2 Å². The van der Waals surface area contributed by atoms with Crippen LogP contribution in [0.4, 0.5) is 5.82 Å². The first kappa shape index (κ1) is 15.2. The molecule has 2 unspecified atom stereocenters. The van der Waals surface area contributed by atoms with E-state index >= 15 is 0 Å². The Morgan fingerprint density at radius 1 is 1.18 bits per heavy atom. The molecule has 1 fully saturated rings. The van der Waals surface area contributed by atoms with Gasteiger partial charge in [-0.25, -0.2) is 9.97 Å². The zero-order valence-electron chi connectivity index (χ0n) is 12.8. The Kier molecular flexibility index (Phi) is 4.90. The lowest BCUT2D eigenvalue weighted by Crippen LogP contribution is -2.45. The van der Waals surface area contributed by atoms with E-state index in [1.807, 2.05) is 24.5 Å². The van der Waals surface area contributed by atoms with Crippen LogP contribution in [0.2, 0.25) is 0 Å². The topological polar surface area (TPSA) is 51.1 Å². The van der Waals surface area contributed by atoms with Crippen LogP contribution < -0.4 is 4.90 Å². The molecule has 0 spiro atoms. The van der Waals surface area contributed by atoms with Crippen LogP contribution in [-0.4, -0.2) is 40.2 Å². The third-order valence-corrected chi connectivity index (χ3v) is 4.50. The van der Waals surface area contributed by atoms with Crippen LogP contribution in [0.1, 0.15) is 19.4 Å². The summed E-state index contributed by atoms with van der Waals surface area (Å²) in [5, 5.41) is 0.994. The third-order valence-electron chi connectivity index (χ3n) is 3.51. The maximum Gasteiger partial charge on any atom is 0.133 e. The van der Waals surface area contributed by atoms with Crippen molar-refractivity contribution in [3.05, 3.63) is 42.5 Å². The summed E-state index contributed by atoms with van der Waals surface area (Å²) in [4.78, 5) is 15.1. The van der Waals surface area contributed by atoms with Crippen molar-refractivity contribution in [3.63, 3.8) is 0 Å². The first-order valence-electron chi connectivity index (χ1n) is 7.45. The maximum absolute atomic E-state index is 5.78. The van der Waals surface area contributed by atoms with Gasteiger partial charge in [-0.1, -0.05) is 0 Å². The van der Waals surface area contributed by atoms with Gasteiger partial charge in [-0.2, -0.15) is 0 Å². The quantitative estimate of drug-likeness (QED) is 0.638. The zero-order chi connectivity index (χ0) is 15.4. The van der Waals surface area contributed by atoms with Crippen molar-refractivity contribution >= 4 is 17.6 Å². The van der Waals surface area contributed by atoms with Gasteiger partial charge in [0, 0.05) is 37.3 Å². The van der Waals surface area contributed by atoms with Crippen molar-refractivity contribution in [2.24, 2.45) is 0 Å². The van der Waals surface area contributed by atoms with Gasteiger partial charge < -0.3 is 9.64 Å². The third kappa shape index (κ3) is 3.96. The average Bonchev–Trinajstić information content (AvgIpc) is 2.53. The summed E-state index contributed by atoms with van der Waals surface area (Å²) in [7, 11) is 0. The highest BCUT2D eigenvalue weighted by Gasteiger charge is 2.23. The number of pyridine rings is 1. The van der Waals surface area contributed by atoms with E-state index in [0.29, 0.717) is 0 Å². The molecule has 2 atom stereocenters. The molecule has 0 amide bonds. The van der Waals surface area contributed by atoms with Crippen molar-refractivity contribution in [2.45, 2.75) is 36.8 Å². The first-order chi connectivity index (χ1) is 10.7. The molecule has 5 nitrogen and oxygen atoms in total. The molecule has 1 saturated heterocycles. The molecule has 3 rings (SSSR count). The maximum atomic E-state index is 5.78. The number of hydrogen-bond acceptors (Lipinski definition) is 6. The van der Waals surface area contributed by atoms with Crippen molar-refractivity contribution in [2.75, 3.05) is 18.0 Å². The molecule has 0 bridgehead atoms. The molecule has 0 radical (unpaired) electrons. The molecule has 0 aromatic carbocycles. The summed E-state index contributed by atoms with van der Waals surface area (Å²) in [6.07, 6.45) is 5.74. The Hall–Kier alpha value is -1.66. The fourth-order valence-corrected chi connectivity index (χ4v) is 3.40.